The number of nitrogens with one attached hydrogen (secondary N) is 2. The summed E-state index contributed by atoms with van der Waals surface area (Å²) in [5.74, 6) is 2.32. The van der Waals surface area contributed by atoms with Crippen LogP contribution in [0.3, 0.4) is 0 Å². The zero-order valence-corrected chi connectivity index (χ0v) is 12.9. The van der Waals surface area contributed by atoms with Gasteiger partial charge in [-0.2, -0.15) is 0 Å². The van der Waals surface area contributed by atoms with Crippen LogP contribution in [-0.2, 0) is 16.1 Å². The molecule has 0 spiro atoms. The molecule has 1 aromatic heterocycles. The molecule has 2 N–H and O–H groups in total. The Labute approximate surface area is 126 Å². The smallest absolute Gasteiger partial charge is 0.158 e. The third kappa shape index (κ3) is 5.45. The number of ether oxygens (including phenoxy) is 2. The molecule has 118 valence electrons. The van der Waals surface area contributed by atoms with Gasteiger partial charge in [-0.3, -0.25) is 4.90 Å². The number of aromatic nitrogens is 2. The quantitative estimate of drug-likeness (QED) is 0.735. The molecule has 0 aliphatic carbocycles. The van der Waals surface area contributed by atoms with Gasteiger partial charge in [0.1, 0.15) is 18.2 Å². The van der Waals surface area contributed by atoms with Crippen LogP contribution in [0.5, 0.6) is 0 Å². The Balaban J connectivity index is 1.85. The number of rotatable bonds is 8. The van der Waals surface area contributed by atoms with E-state index in [1.54, 1.807) is 0 Å². The Kier molecular flexibility index (Phi) is 6.65. The zero-order valence-electron chi connectivity index (χ0n) is 12.9. The lowest BCUT2D eigenvalue weighted by Gasteiger charge is -2.26. The van der Waals surface area contributed by atoms with Crippen LogP contribution in [0.25, 0.3) is 0 Å². The minimum atomic E-state index is 0.435. The highest BCUT2D eigenvalue weighted by Crippen LogP contribution is 2.11. The molecule has 0 radical (unpaired) electrons. The van der Waals surface area contributed by atoms with E-state index in [1.165, 1.54) is 0 Å². The molecule has 21 heavy (non-hydrogen) atoms. The van der Waals surface area contributed by atoms with Gasteiger partial charge < -0.3 is 20.1 Å². The van der Waals surface area contributed by atoms with Crippen molar-refractivity contribution in [2.75, 3.05) is 63.7 Å². The lowest BCUT2D eigenvalue weighted by atomic mass is 10.4. The predicted molar refractivity (Wildman–Crippen MR) is 82.7 cm³/mol. The van der Waals surface area contributed by atoms with Crippen LogP contribution in [-0.4, -0.2) is 67.9 Å². The Morgan fingerprint density at radius 3 is 2.76 bits per heavy atom. The number of hydrogen-bond donors (Lipinski definition) is 2. The highest BCUT2D eigenvalue weighted by molar-refractivity contribution is 5.47. The van der Waals surface area contributed by atoms with E-state index in [0.29, 0.717) is 19.0 Å². The SMILES string of the molecule is CCOCc1nc(NC)cc(NCCN2CCOCC2)n1. The highest BCUT2D eigenvalue weighted by Gasteiger charge is 2.10. The van der Waals surface area contributed by atoms with E-state index in [4.69, 9.17) is 9.47 Å². The zero-order chi connectivity index (χ0) is 14.9. The van der Waals surface area contributed by atoms with E-state index in [-0.39, 0.29) is 0 Å². The number of morpholine rings is 1. The molecule has 2 rings (SSSR count). The molecular weight excluding hydrogens is 270 g/mol. The van der Waals surface area contributed by atoms with Crippen LogP contribution < -0.4 is 10.6 Å². The maximum absolute atomic E-state index is 5.37. The van der Waals surface area contributed by atoms with E-state index in [2.05, 4.69) is 25.5 Å². The average molecular weight is 295 g/mol. The van der Waals surface area contributed by atoms with Gasteiger partial charge in [-0.25, -0.2) is 9.97 Å². The summed E-state index contributed by atoms with van der Waals surface area (Å²) in [4.78, 5) is 11.2. The van der Waals surface area contributed by atoms with E-state index in [9.17, 15) is 0 Å². The molecule has 0 unspecified atom stereocenters. The fraction of sp³-hybridized carbons (Fsp3) is 0.714. The first-order chi connectivity index (χ1) is 10.3. The molecule has 1 aliphatic heterocycles. The molecular formula is C14H25N5O2. The maximum Gasteiger partial charge on any atom is 0.158 e. The van der Waals surface area contributed by atoms with Crippen molar-refractivity contribution in [3.63, 3.8) is 0 Å². The van der Waals surface area contributed by atoms with Crippen molar-refractivity contribution in [2.24, 2.45) is 0 Å². The standard InChI is InChI=1S/C14H25N5O2/c1-3-20-11-14-17-12(15-2)10-13(18-14)16-4-5-19-6-8-21-9-7-19/h10H,3-9,11H2,1-2H3,(H2,15,16,17,18). The van der Waals surface area contributed by atoms with E-state index in [1.807, 2.05) is 20.0 Å². The molecule has 1 aromatic rings. The fourth-order valence-electron chi connectivity index (χ4n) is 2.14. The molecule has 0 aromatic carbocycles. The summed E-state index contributed by atoms with van der Waals surface area (Å²) in [7, 11) is 1.85. The first kappa shape index (κ1) is 15.9. The van der Waals surface area contributed by atoms with Gasteiger partial charge in [0.05, 0.1) is 13.2 Å². The van der Waals surface area contributed by atoms with Crippen LogP contribution >= 0.6 is 0 Å². The lowest BCUT2D eigenvalue weighted by Crippen LogP contribution is -2.39. The van der Waals surface area contributed by atoms with Crippen LogP contribution in [0.15, 0.2) is 6.07 Å². The largest absolute Gasteiger partial charge is 0.379 e. The first-order valence-corrected chi connectivity index (χ1v) is 7.49. The van der Waals surface area contributed by atoms with Crippen LogP contribution in [0.1, 0.15) is 12.7 Å². The Hall–Kier alpha value is -1.44. The molecule has 1 aliphatic rings. The van der Waals surface area contributed by atoms with Crippen molar-refractivity contribution in [3.8, 4) is 0 Å². The molecule has 0 saturated carbocycles. The van der Waals surface area contributed by atoms with Crippen LogP contribution in [0, 0.1) is 0 Å². The third-order valence-corrected chi connectivity index (χ3v) is 3.30. The van der Waals surface area contributed by atoms with Gasteiger partial charge >= 0.3 is 0 Å². The summed E-state index contributed by atoms with van der Waals surface area (Å²) in [6, 6.07) is 1.91. The summed E-state index contributed by atoms with van der Waals surface area (Å²) in [5, 5.41) is 6.40. The second-order valence-corrected chi connectivity index (χ2v) is 4.82. The number of nitrogens with zero attached hydrogens (tertiary/aromatic N) is 3. The summed E-state index contributed by atoms with van der Waals surface area (Å²) in [6.07, 6.45) is 0. The molecule has 1 saturated heterocycles. The summed E-state index contributed by atoms with van der Waals surface area (Å²) in [6.45, 7) is 8.56. The molecule has 0 atom stereocenters. The van der Waals surface area contributed by atoms with Crippen molar-refractivity contribution in [2.45, 2.75) is 13.5 Å². The summed E-state index contributed by atoms with van der Waals surface area (Å²) in [5.41, 5.74) is 0. The summed E-state index contributed by atoms with van der Waals surface area (Å²) >= 11 is 0. The molecule has 0 amide bonds. The van der Waals surface area contributed by atoms with Gasteiger partial charge in [0.2, 0.25) is 0 Å². The van der Waals surface area contributed by atoms with Crippen molar-refractivity contribution in [1.82, 2.24) is 14.9 Å². The molecule has 7 nitrogen and oxygen atoms in total. The Morgan fingerprint density at radius 2 is 2.05 bits per heavy atom. The average Bonchev–Trinajstić information content (AvgIpc) is 2.53. The number of hydrogen-bond acceptors (Lipinski definition) is 7. The van der Waals surface area contributed by atoms with E-state index >= 15 is 0 Å². The van der Waals surface area contributed by atoms with Gasteiger partial charge in [0.25, 0.3) is 0 Å². The van der Waals surface area contributed by atoms with Crippen LogP contribution in [0.4, 0.5) is 11.6 Å². The van der Waals surface area contributed by atoms with Crippen molar-refractivity contribution < 1.29 is 9.47 Å². The maximum atomic E-state index is 5.37. The predicted octanol–water partition coefficient (Wildman–Crippen LogP) is 0.799. The monoisotopic (exact) mass is 295 g/mol. The minimum Gasteiger partial charge on any atom is -0.379 e. The minimum absolute atomic E-state index is 0.435. The third-order valence-electron chi connectivity index (χ3n) is 3.30. The molecule has 0 bridgehead atoms. The second-order valence-electron chi connectivity index (χ2n) is 4.82. The number of anilines is 2. The topological polar surface area (TPSA) is 71.5 Å². The molecule has 7 heteroatoms. The second kappa shape index (κ2) is 8.76. The van der Waals surface area contributed by atoms with Crippen molar-refractivity contribution in [3.05, 3.63) is 11.9 Å². The van der Waals surface area contributed by atoms with Gasteiger partial charge in [0.15, 0.2) is 5.82 Å². The first-order valence-electron chi connectivity index (χ1n) is 7.49. The Bertz CT molecular complexity index is 424. The normalized spacial score (nSPS) is 15.9. The fourth-order valence-corrected chi connectivity index (χ4v) is 2.14. The van der Waals surface area contributed by atoms with Gasteiger partial charge in [-0.05, 0) is 6.92 Å². The lowest BCUT2D eigenvalue weighted by molar-refractivity contribution is 0.0398. The van der Waals surface area contributed by atoms with Gasteiger partial charge in [-0.15, -0.1) is 0 Å². The Morgan fingerprint density at radius 1 is 1.29 bits per heavy atom. The van der Waals surface area contributed by atoms with Gasteiger partial charge in [-0.1, -0.05) is 0 Å². The van der Waals surface area contributed by atoms with Crippen molar-refractivity contribution in [1.29, 1.82) is 0 Å². The van der Waals surface area contributed by atoms with Crippen LogP contribution in [0.2, 0.25) is 0 Å². The van der Waals surface area contributed by atoms with E-state index < -0.39 is 0 Å². The highest BCUT2D eigenvalue weighted by atomic mass is 16.5. The molecule has 1 fully saturated rings. The van der Waals surface area contributed by atoms with E-state index in [0.717, 1.165) is 51.0 Å². The van der Waals surface area contributed by atoms with Crippen molar-refractivity contribution >= 4 is 11.6 Å². The molecule has 2 heterocycles. The van der Waals surface area contributed by atoms with Gasteiger partial charge in [0, 0.05) is 45.9 Å². The summed E-state index contributed by atoms with van der Waals surface area (Å²) < 4.78 is 10.7.